The summed E-state index contributed by atoms with van der Waals surface area (Å²) in [6.07, 6.45) is 2.10. The van der Waals surface area contributed by atoms with Crippen LogP contribution in [0.1, 0.15) is 26.1 Å². The number of carbonyl (C=O) groups is 1. The number of ether oxygens (including phenoxy) is 1. The summed E-state index contributed by atoms with van der Waals surface area (Å²) in [4.78, 5) is 34.2. The lowest BCUT2D eigenvalue weighted by atomic mass is 10.2. The van der Waals surface area contributed by atoms with Crippen molar-refractivity contribution in [2.24, 2.45) is 5.92 Å². The Balaban J connectivity index is 2.03. The van der Waals surface area contributed by atoms with Crippen molar-refractivity contribution in [1.82, 2.24) is 15.0 Å². The Kier molecular flexibility index (Phi) is 4.45. The molecule has 0 saturated heterocycles. The van der Waals surface area contributed by atoms with E-state index in [-0.39, 0.29) is 17.9 Å². The summed E-state index contributed by atoms with van der Waals surface area (Å²) in [6.45, 7) is 4.35. The van der Waals surface area contributed by atoms with Gasteiger partial charge in [-0.3, -0.25) is 9.59 Å². The van der Waals surface area contributed by atoms with Crippen LogP contribution in [0.25, 0.3) is 11.0 Å². The van der Waals surface area contributed by atoms with E-state index in [1.54, 1.807) is 18.3 Å². The SMILES string of the molecule is CC(C)COC(=O)CCc1nc2ncccc2c(=O)[nH]1. The number of esters is 1. The van der Waals surface area contributed by atoms with Gasteiger partial charge in [-0.05, 0) is 18.1 Å². The molecule has 0 spiro atoms. The number of hydrogen-bond donors (Lipinski definition) is 1. The smallest absolute Gasteiger partial charge is 0.306 e. The van der Waals surface area contributed by atoms with Crippen LogP contribution in [0.2, 0.25) is 0 Å². The van der Waals surface area contributed by atoms with Gasteiger partial charge in [-0.1, -0.05) is 13.8 Å². The van der Waals surface area contributed by atoms with Crippen LogP contribution in [0.15, 0.2) is 23.1 Å². The van der Waals surface area contributed by atoms with Crippen molar-refractivity contribution in [3.8, 4) is 0 Å². The van der Waals surface area contributed by atoms with E-state index < -0.39 is 0 Å². The Hall–Kier alpha value is -2.24. The van der Waals surface area contributed by atoms with Gasteiger partial charge in [-0.2, -0.15) is 0 Å². The highest BCUT2D eigenvalue weighted by Crippen LogP contribution is 2.04. The lowest BCUT2D eigenvalue weighted by Gasteiger charge is -2.06. The predicted molar refractivity (Wildman–Crippen MR) is 74.3 cm³/mol. The molecule has 106 valence electrons. The van der Waals surface area contributed by atoms with Gasteiger partial charge >= 0.3 is 5.97 Å². The first kappa shape index (κ1) is 14.2. The van der Waals surface area contributed by atoms with E-state index >= 15 is 0 Å². The predicted octanol–water partition coefficient (Wildman–Crippen LogP) is 1.45. The van der Waals surface area contributed by atoms with Crippen LogP contribution in [-0.4, -0.2) is 27.5 Å². The number of aromatic nitrogens is 3. The molecule has 0 aliphatic rings. The van der Waals surface area contributed by atoms with Crippen LogP contribution >= 0.6 is 0 Å². The van der Waals surface area contributed by atoms with E-state index in [1.165, 1.54) is 0 Å². The van der Waals surface area contributed by atoms with Gasteiger partial charge in [0.25, 0.3) is 5.56 Å². The average Bonchev–Trinajstić information content (AvgIpc) is 2.43. The molecule has 1 N–H and O–H groups in total. The summed E-state index contributed by atoms with van der Waals surface area (Å²) in [7, 11) is 0. The van der Waals surface area contributed by atoms with E-state index in [1.807, 2.05) is 13.8 Å². The molecule has 0 atom stereocenters. The van der Waals surface area contributed by atoms with Crippen LogP contribution in [0.4, 0.5) is 0 Å². The number of H-pyrrole nitrogens is 1. The zero-order valence-corrected chi connectivity index (χ0v) is 11.5. The van der Waals surface area contributed by atoms with Crippen molar-refractivity contribution in [3.05, 3.63) is 34.5 Å². The summed E-state index contributed by atoms with van der Waals surface area (Å²) in [5, 5.41) is 0.443. The summed E-state index contributed by atoms with van der Waals surface area (Å²) >= 11 is 0. The van der Waals surface area contributed by atoms with Crippen LogP contribution in [0.3, 0.4) is 0 Å². The molecule has 2 heterocycles. The number of aryl methyl sites for hydroxylation is 1. The third-order valence-corrected chi connectivity index (χ3v) is 2.67. The molecule has 0 saturated carbocycles. The van der Waals surface area contributed by atoms with Gasteiger partial charge in [-0.25, -0.2) is 9.97 Å². The van der Waals surface area contributed by atoms with Gasteiger partial charge < -0.3 is 9.72 Å². The average molecular weight is 275 g/mol. The van der Waals surface area contributed by atoms with Gasteiger partial charge in [0.1, 0.15) is 5.82 Å². The van der Waals surface area contributed by atoms with Crippen molar-refractivity contribution in [3.63, 3.8) is 0 Å². The largest absolute Gasteiger partial charge is 0.465 e. The fraction of sp³-hybridized carbons (Fsp3) is 0.429. The quantitative estimate of drug-likeness (QED) is 0.835. The molecule has 0 amide bonds. The molecule has 20 heavy (non-hydrogen) atoms. The van der Waals surface area contributed by atoms with E-state index in [0.29, 0.717) is 35.8 Å². The first-order chi connectivity index (χ1) is 9.56. The highest BCUT2D eigenvalue weighted by Gasteiger charge is 2.08. The number of aromatic amines is 1. The number of rotatable bonds is 5. The molecular weight excluding hydrogens is 258 g/mol. The second-order valence-electron chi connectivity index (χ2n) is 4.96. The maximum Gasteiger partial charge on any atom is 0.306 e. The minimum atomic E-state index is -0.289. The molecule has 0 aliphatic carbocycles. The maximum absolute atomic E-state index is 11.8. The normalized spacial score (nSPS) is 10.9. The van der Waals surface area contributed by atoms with Gasteiger partial charge in [0.2, 0.25) is 0 Å². The third-order valence-electron chi connectivity index (χ3n) is 2.67. The van der Waals surface area contributed by atoms with Crippen molar-refractivity contribution in [2.45, 2.75) is 26.7 Å². The van der Waals surface area contributed by atoms with Crippen molar-refractivity contribution in [1.29, 1.82) is 0 Å². The molecule has 2 aromatic heterocycles. The van der Waals surface area contributed by atoms with E-state index in [4.69, 9.17) is 4.74 Å². The molecule has 0 aromatic carbocycles. The second kappa shape index (κ2) is 6.27. The molecule has 0 bridgehead atoms. The molecule has 0 radical (unpaired) electrons. The Morgan fingerprint density at radius 3 is 3.00 bits per heavy atom. The van der Waals surface area contributed by atoms with E-state index in [2.05, 4.69) is 15.0 Å². The highest BCUT2D eigenvalue weighted by molar-refractivity contribution is 5.73. The Morgan fingerprint density at radius 1 is 1.45 bits per heavy atom. The summed E-state index contributed by atoms with van der Waals surface area (Å²) < 4.78 is 5.07. The summed E-state index contributed by atoms with van der Waals surface area (Å²) in [6, 6.07) is 3.34. The highest BCUT2D eigenvalue weighted by atomic mass is 16.5. The number of hydrogen-bond acceptors (Lipinski definition) is 5. The molecule has 0 fully saturated rings. The molecule has 2 aromatic rings. The standard InChI is InChI=1S/C14H17N3O3/c1-9(2)8-20-12(18)6-5-11-16-13-10(14(19)17-11)4-3-7-15-13/h3-4,7,9H,5-6,8H2,1-2H3,(H,15,16,17,19). The molecular formula is C14H17N3O3. The molecule has 0 unspecified atom stereocenters. The Morgan fingerprint density at radius 2 is 2.25 bits per heavy atom. The molecule has 0 aliphatic heterocycles. The Bertz CT molecular complexity index is 664. The second-order valence-corrected chi connectivity index (χ2v) is 4.96. The van der Waals surface area contributed by atoms with Crippen LogP contribution in [-0.2, 0) is 16.0 Å². The van der Waals surface area contributed by atoms with Gasteiger partial charge in [0.05, 0.1) is 18.4 Å². The zero-order chi connectivity index (χ0) is 14.5. The van der Waals surface area contributed by atoms with E-state index in [9.17, 15) is 9.59 Å². The van der Waals surface area contributed by atoms with Gasteiger partial charge in [0.15, 0.2) is 5.65 Å². The topological polar surface area (TPSA) is 84.9 Å². The van der Waals surface area contributed by atoms with E-state index in [0.717, 1.165) is 0 Å². The van der Waals surface area contributed by atoms with Crippen LogP contribution < -0.4 is 5.56 Å². The minimum absolute atomic E-state index is 0.188. The monoisotopic (exact) mass is 275 g/mol. The molecule has 6 heteroatoms. The zero-order valence-electron chi connectivity index (χ0n) is 11.5. The van der Waals surface area contributed by atoms with Gasteiger partial charge in [0, 0.05) is 12.6 Å². The summed E-state index contributed by atoms with van der Waals surface area (Å²) in [5.41, 5.74) is 0.149. The number of pyridine rings is 1. The Labute approximate surface area is 116 Å². The first-order valence-corrected chi connectivity index (χ1v) is 6.56. The number of fused-ring (bicyclic) bond motifs is 1. The number of nitrogens with one attached hydrogen (secondary N) is 1. The van der Waals surface area contributed by atoms with Gasteiger partial charge in [-0.15, -0.1) is 0 Å². The van der Waals surface area contributed by atoms with Crippen molar-refractivity contribution < 1.29 is 9.53 Å². The summed E-state index contributed by atoms with van der Waals surface area (Å²) in [5.74, 6) is 0.465. The van der Waals surface area contributed by atoms with Crippen molar-refractivity contribution in [2.75, 3.05) is 6.61 Å². The van der Waals surface area contributed by atoms with Crippen LogP contribution in [0, 0.1) is 5.92 Å². The lowest BCUT2D eigenvalue weighted by Crippen LogP contribution is -2.15. The number of carbonyl (C=O) groups excluding carboxylic acids is 1. The maximum atomic E-state index is 11.8. The molecule has 6 nitrogen and oxygen atoms in total. The number of nitrogens with zero attached hydrogens (tertiary/aromatic N) is 2. The van der Waals surface area contributed by atoms with Crippen LogP contribution in [0.5, 0.6) is 0 Å². The van der Waals surface area contributed by atoms with Crippen molar-refractivity contribution >= 4 is 17.0 Å². The first-order valence-electron chi connectivity index (χ1n) is 6.56. The fourth-order valence-corrected chi connectivity index (χ4v) is 1.69. The minimum Gasteiger partial charge on any atom is -0.465 e. The lowest BCUT2D eigenvalue weighted by molar-refractivity contribution is -0.144. The fourth-order valence-electron chi connectivity index (χ4n) is 1.69. The molecule has 2 rings (SSSR count). The third kappa shape index (κ3) is 3.63.